The van der Waals surface area contributed by atoms with Crippen molar-refractivity contribution in [1.82, 2.24) is 0 Å². The van der Waals surface area contributed by atoms with Crippen LogP contribution in [0, 0.1) is 5.41 Å². The van der Waals surface area contributed by atoms with E-state index in [4.69, 9.17) is 20.7 Å². The van der Waals surface area contributed by atoms with E-state index in [2.05, 4.69) is 0 Å². The molecular weight excluding hydrogens is 108 g/mol. The van der Waals surface area contributed by atoms with Gasteiger partial charge in [-0.3, -0.25) is 0 Å². The van der Waals surface area contributed by atoms with Gasteiger partial charge >= 0.3 is 57.3 Å². The number of hydrogen-bond donors (Lipinski definition) is 1. The van der Waals surface area contributed by atoms with Gasteiger partial charge in [-0.05, 0) is 0 Å². The van der Waals surface area contributed by atoms with Crippen LogP contribution in [-0.2, 0) is 0 Å². The first-order valence-corrected chi connectivity index (χ1v) is 2.81. The summed E-state index contributed by atoms with van der Waals surface area (Å²) in [6.45, 7) is 1.98. The molecule has 0 aliphatic carbocycles. The van der Waals surface area contributed by atoms with Gasteiger partial charge in [0.1, 0.15) is 0 Å². The summed E-state index contributed by atoms with van der Waals surface area (Å²) in [5.41, 5.74) is 0.192. The third-order valence-electron chi connectivity index (χ3n) is 0.831. The maximum absolute atomic E-state index is 7.07. The van der Waals surface area contributed by atoms with Crippen molar-refractivity contribution < 1.29 is 0 Å². The molecule has 0 aromatic heterocycles. The summed E-state index contributed by atoms with van der Waals surface area (Å²) in [5.74, 6) is 0. The molecule has 0 amide bonds. The molecule has 1 N–H and O–H groups in total. The fourth-order valence-electron chi connectivity index (χ4n) is 0.332. The maximum atomic E-state index is 7.07. The van der Waals surface area contributed by atoms with Gasteiger partial charge in [-0.2, -0.15) is 0 Å². The Labute approximate surface area is 58.2 Å². The van der Waals surface area contributed by atoms with Crippen LogP contribution in [0.15, 0.2) is 12.2 Å². The third-order valence-corrected chi connectivity index (χ3v) is 0.831. The Morgan fingerprint density at radius 3 is 2.56 bits per heavy atom. The zero-order chi connectivity index (χ0) is 7.28. The van der Waals surface area contributed by atoms with Gasteiger partial charge in [-0.1, -0.05) is 0 Å². The van der Waals surface area contributed by atoms with Crippen LogP contribution in [0.5, 0.6) is 0 Å². The van der Waals surface area contributed by atoms with Crippen molar-refractivity contribution >= 4 is 26.4 Å². The molecule has 0 fully saturated rings. The Balaban J connectivity index is 3.77. The first kappa shape index (κ1) is 8.41. The van der Waals surface area contributed by atoms with E-state index < -0.39 is 0 Å². The van der Waals surface area contributed by atoms with E-state index in [-0.39, 0.29) is 11.1 Å². The summed E-state index contributed by atoms with van der Waals surface area (Å²) in [4.78, 5) is 0. The van der Waals surface area contributed by atoms with Crippen molar-refractivity contribution in [3.8, 4) is 0 Å². The fourth-order valence-corrected chi connectivity index (χ4v) is 0.332. The van der Waals surface area contributed by atoms with Crippen molar-refractivity contribution in [1.29, 1.82) is 5.41 Å². The molecule has 0 unspecified atom stereocenters. The molecule has 0 saturated heterocycles. The molecule has 0 bridgehead atoms. The van der Waals surface area contributed by atoms with Crippen LogP contribution < -0.4 is 0 Å². The zero-order valence-corrected chi connectivity index (χ0v) is 5.52. The molecule has 0 aromatic carbocycles. The van der Waals surface area contributed by atoms with E-state index in [1.54, 1.807) is 6.08 Å². The van der Waals surface area contributed by atoms with Crippen LogP contribution >= 0.6 is 0 Å². The molecule has 0 atom stereocenters. The van der Waals surface area contributed by atoms with E-state index in [1.165, 1.54) is 0 Å². The van der Waals surface area contributed by atoms with Crippen LogP contribution in [0.25, 0.3) is 0 Å². The van der Waals surface area contributed by atoms with E-state index >= 15 is 0 Å². The summed E-state index contributed by atoms with van der Waals surface area (Å²) in [6.07, 6.45) is 4.33. The van der Waals surface area contributed by atoms with E-state index in [0.29, 0.717) is 0 Å². The minimum absolute atomic E-state index is 0.0692. The van der Waals surface area contributed by atoms with Crippen LogP contribution in [-0.4, -0.2) is 26.4 Å². The summed E-state index contributed by atoms with van der Waals surface area (Å²) < 4.78 is 0. The second-order valence-corrected chi connectivity index (χ2v) is 1.68. The van der Waals surface area contributed by atoms with E-state index in [9.17, 15) is 0 Å². The molecule has 0 spiro atoms. The van der Waals surface area contributed by atoms with Gasteiger partial charge in [-0.25, -0.2) is 0 Å². The molecule has 3 heteroatoms. The average molecular weight is 116 g/mol. The Kier molecular flexibility index (Phi) is 4.02. The van der Waals surface area contributed by atoms with Crippen LogP contribution in [0.3, 0.4) is 0 Å². The van der Waals surface area contributed by atoms with Gasteiger partial charge < -0.3 is 0 Å². The standard InChI is InChI=1S/C6H8B2N/c1-2-3-4-5(9)6(7)8/h3-4,9H,2H2,1H3. The molecule has 0 aliphatic rings. The number of hydrogen-bond acceptors (Lipinski definition) is 1. The van der Waals surface area contributed by atoms with Crippen LogP contribution in [0.2, 0.25) is 0 Å². The topological polar surface area (TPSA) is 23.9 Å². The van der Waals surface area contributed by atoms with Gasteiger partial charge in [0, 0.05) is 0 Å². The first-order valence-electron chi connectivity index (χ1n) is 2.81. The summed E-state index contributed by atoms with van der Waals surface area (Å²) in [5, 5.41) is 7.14. The fraction of sp³-hybridized carbons (Fsp3) is 0.333. The van der Waals surface area contributed by atoms with Gasteiger partial charge in [0.05, 0.1) is 0 Å². The third kappa shape index (κ3) is 3.95. The Morgan fingerprint density at radius 2 is 2.22 bits per heavy atom. The quantitative estimate of drug-likeness (QED) is 0.408. The van der Waals surface area contributed by atoms with Crippen LogP contribution in [0.1, 0.15) is 13.3 Å². The minimum atomic E-state index is 0.0692. The van der Waals surface area contributed by atoms with Crippen LogP contribution in [0.4, 0.5) is 0 Å². The van der Waals surface area contributed by atoms with Crippen molar-refractivity contribution in [3.63, 3.8) is 0 Å². The zero-order valence-electron chi connectivity index (χ0n) is 5.52. The molecule has 9 heavy (non-hydrogen) atoms. The predicted octanol–water partition coefficient (Wildman–Crippen LogP) is 0.439. The number of nitrogens with one attached hydrogen (secondary N) is 1. The van der Waals surface area contributed by atoms with Gasteiger partial charge in [0.25, 0.3) is 0 Å². The summed E-state index contributed by atoms with van der Waals surface area (Å²) >= 11 is 0. The molecule has 1 nitrogen and oxygen atoms in total. The van der Waals surface area contributed by atoms with Crippen molar-refractivity contribution in [3.05, 3.63) is 12.2 Å². The Hall–Kier alpha value is -0.590. The molecule has 0 heterocycles. The van der Waals surface area contributed by atoms with E-state index in [0.717, 1.165) is 6.42 Å². The molecule has 3 radical (unpaired) electrons. The first-order chi connectivity index (χ1) is 4.18. The van der Waals surface area contributed by atoms with Gasteiger partial charge in [0.15, 0.2) is 0 Å². The average Bonchev–Trinajstić information content (AvgIpc) is 1.82. The second-order valence-electron chi connectivity index (χ2n) is 1.68. The second kappa shape index (κ2) is 4.30. The normalized spacial score (nSPS) is 9.78. The molecule has 43 valence electrons. The molecule has 0 aliphatic heterocycles. The Morgan fingerprint density at radius 1 is 1.67 bits per heavy atom. The molecule has 0 saturated carbocycles. The van der Waals surface area contributed by atoms with Gasteiger partial charge in [0.2, 0.25) is 0 Å². The summed E-state index contributed by atoms with van der Waals surface area (Å²) in [7, 11) is 10.2. The van der Waals surface area contributed by atoms with Crippen molar-refractivity contribution in [2.24, 2.45) is 0 Å². The van der Waals surface area contributed by atoms with Crippen molar-refractivity contribution in [2.75, 3.05) is 0 Å². The van der Waals surface area contributed by atoms with Gasteiger partial charge in [-0.15, -0.1) is 0 Å². The predicted molar refractivity (Wildman–Crippen MR) is 43.7 cm³/mol. The number of allylic oxidation sites excluding steroid dienone is 2. The summed E-state index contributed by atoms with van der Waals surface area (Å²) in [6, 6.07) is 0. The van der Waals surface area contributed by atoms with Crippen molar-refractivity contribution in [2.45, 2.75) is 13.3 Å². The SMILES string of the molecule is [B]C(=[B])C(=N)C=CCC. The number of rotatable bonds is 3. The molecule has 0 rings (SSSR count). The molecule has 0 aromatic rings. The Bertz CT molecular complexity index is 149. The monoisotopic (exact) mass is 116 g/mol. The van der Waals surface area contributed by atoms with E-state index in [1.807, 2.05) is 13.0 Å². The molecular formula is C6H8B2N.